The number of aliphatic carboxylic acids is 1. The van der Waals surface area contributed by atoms with E-state index in [4.69, 9.17) is 28.3 Å². The summed E-state index contributed by atoms with van der Waals surface area (Å²) in [4.78, 5) is 248. The molecule has 41 nitrogen and oxygen atoms in total. The summed E-state index contributed by atoms with van der Waals surface area (Å²) in [6.07, 6.45) is 2.57. The molecule has 0 unspecified atom stereocenters. The third-order valence-electron chi connectivity index (χ3n) is 20.8. The third kappa shape index (κ3) is 31.6. The van der Waals surface area contributed by atoms with Crippen LogP contribution in [0.1, 0.15) is 172 Å². The van der Waals surface area contributed by atoms with Gasteiger partial charge in [0.25, 0.3) is 5.91 Å². The number of primary amides is 3. The first-order valence-corrected chi connectivity index (χ1v) is 41.9. The molecule has 2 saturated heterocycles. The smallest absolute Gasteiger partial charge is 0.303 e. The van der Waals surface area contributed by atoms with Crippen LogP contribution in [0.5, 0.6) is 0 Å². The second-order valence-electron chi connectivity index (χ2n) is 31.3. The van der Waals surface area contributed by atoms with Crippen LogP contribution < -0.4 is 86.7 Å². The number of imidazole rings is 1. The number of nitrogens with two attached hydrogens (primary N) is 4. The van der Waals surface area contributed by atoms with Gasteiger partial charge in [0.1, 0.15) is 72.5 Å². The zero-order chi connectivity index (χ0) is 90.0. The lowest BCUT2D eigenvalue weighted by atomic mass is 9.95. The van der Waals surface area contributed by atoms with Crippen molar-refractivity contribution in [2.75, 3.05) is 32.8 Å². The van der Waals surface area contributed by atoms with E-state index in [9.17, 15) is 77.3 Å². The van der Waals surface area contributed by atoms with Crippen LogP contribution in [0.15, 0.2) is 67.3 Å². The van der Waals surface area contributed by atoms with Gasteiger partial charge >= 0.3 is 5.97 Å². The maximum atomic E-state index is 15.2. The SMILES string of the molecule is CC[C@H](C)[C@H](NC(=O)[C@H](Cc1c[nH]c2ccccc12)NC(=O)[C@H](CCC(=O)O)NC(=O)[C@H](CC(N)=O)NC(=O)[C@H](CO)NC(=O)CCCCNC(=O)c1ccc(I)cc1)C(=O)N[C@@H](CC(C)C)C(=O)N1CCC[C@H]1C(=O)N[C@@H](CCCNC(=N)N)C(=O)N[C@@H](CC(C)C)C(=O)N1CCC[C@H]1C(=O)N[C@@H](CCC(N)=O)C(=O)N[C@@H](Cc1c[nH]cn1)C(N)=O. The number of amides is 16. The van der Waals surface area contributed by atoms with Crippen molar-refractivity contribution in [3.05, 3.63) is 87.6 Å². The number of nitrogens with zero attached hydrogens (tertiary/aromatic N) is 3. The first kappa shape index (κ1) is 99.0. The second-order valence-corrected chi connectivity index (χ2v) is 32.6. The van der Waals surface area contributed by atoms with E-state index in [2.05, 4.69) is 101 Å². The predicted molar refractivity (Wildman–Crippen MR) is 451 cm³/mol. The van der Waals surface area contributed by atoms with Gasteiger partial charge in [-0.1, -0.05) is 66.2 Å². The molecule has 0 radical (unpaired) electrons. The number of aliphatic hydroxyl groups is 1. The summed E-state index contributed by atoms with van der Waals surface area (Å²) in [5.74, 6) is -17.0. The number of para-hydroxylation sites is 1. The second kappa shape index (κ2) is 49.2. The molecule has 4 aromatic rings. The molecule has 16 amide bonds. The summed E-state index contributed by atoms with van der Waals surface area (Å²) in [6, 6.07) is -3.92. The van der Waals surface area contributed by atoms with Gasteiger partial charge in [0.05, 0.1) is 25.0 Å². The number of benzene rings is 2. The number of aromatic amines is 2. The third-order valence-corrected chi connectivity index (χ3v) is 21.5. The zero-order valence-electron chi connectivity index (χ0n) is 69.3. The van der Waals surface area contributed by atoms with E-state index < -0.39 is 199 Å². The Morgan fingerprint density at radius 2 is 1.07 bits per heavy atom. The number of fused-ring (bicyclic) bond motifs is 1. The largest absolute Gasteiger partial charge is 0.481 e. The molecule has 42 heteroatoms. The molecule has 25 N–H and O–H groups in total. The van der Waals surface area contributed by atoms with Crippen molar-refractivity contribution in [1.29, 1.82) is 5.41 Å². The molecule has 0 saturated carbocycles. The van der Waals surface area contributed by atoms with Gasteiger partial charge in [-0.3, -0.25) is 86.9 Å². The lowest BCUT2D eigenvalue weighted by Gasteiger charge is -2.33. The number of nitrogens with one attached hydrogen (secondary N) is 15. The molecule has 0 bridgehead atoms. The minimum absolute atomic E-state index is 0.00338. The maximum absolute atomic E-state index is 15.2. The molecular weight excluding hydrogens is 1700 g/mol. The van der Waals surface area contributed by atoms with Crippen LogP contribution in [0.3, 0.4) is 0 Å². The Hall–Kier alpha value is -11.9. The number of carboxylic acid groups (broad SMARTS) is 1. The summed E-state index contributed by atoms with van der Waals surface area (Å²) in [6.45, 7) is 9.85. The highest BCUT2D eigenvalue weighted by molar-refractivity contribution is 14.1. The minimum atomic E-state index is -1.90. The average Bonchev–Trinajstić information content (AvgIpc) is 1.67. The zero-order valence-corrected chi connectivity index (χ0v) is 71.5. The number of guanidine groups is 1. The van der Waals surface area contributed by atoms with Crippen molar-refractivity contribution in [2.45, 2.75) is 236 Å². The van der Waals surface area contributed by atoms with Crippen LogP contribution in [-0.2, 0) is 89.6 Å². The fourth-order valence-corrected chi connectivity index (χ4v) is 14.5. The van der Waals surface area contributed by atoms with Crippen LogP contribution in [-0.4, -0.2) is 247 Å². The molecule has 0 aliphatic carbocycles. The number of hydrogen-bond acceptors (Lipinski definition) is 20. The average molecular weight is 1820 g/mol. The molecule has 2 aromatic heterocycles. The van der Waals surface area contributed by atoms with Crippen molar-refractivity contribution < 1.29 is 91.7 Å². The number of halogens is 1. The van der Waals surface area contributed by atoms with Gasteiger partial charge in [0.15, 0.2) is 5.96 Å². The first-order chi connectivity index (χ1) is 57.9. The normalized spacial score (nSPS) is 16.4. The molecule has 6 rings (SSSR count). The maximum Gasteiger partial charge on any atom is 0.303 e. The fourth-order valence-electron chi connectivity index (χ4n) is 14.1. The molecule has 4 heterocycles. The van der Waals surface area contributed by atoms with E-state index in [0.717, 1.165) is 3.57 Å². The molecule has 2 aliphatic rings. The van der Waals surface area contributed by atoms with E-state index >= 15 is 14.4 Å². The molecule has 2 aliphatic heterocycles. The number of carboxylic acids is 1. The van der Waals surface area contributed by atoms with E-state index in [1.165, 1.54) is 22.3 Å². The van der Waals surface area contributed by atoms with Gasteiger partial charge in [0.2, 0.25) is 88.6 Å². The standard InChI is InChI=1S/C80H117IN22O19/c1-7-44(6)66(101-73(116)55(35-46-38-90-50-16-9-8-15-49(46)50)97-71(114)53(26-28-65(108)109)93-72(115)56(37-63(83)106)98-74(117)59(40-104)92-64(107)20-10-11-29-88-68(111)45-21-23-47(81)24-22-45)77(120)100-58(34-43(4)5)79(122)103-32-13-18-60(103)75(118)94-51(17-12-30-89-80(85)86)69(112)99-57(33-42(2)3)78(121)102-31-14-19-61(102)76(119)95-52(25-27-62(82)105)70(113)96-54(67(84)110)36-48-39-87-41-91-48/h8-9,15-16,21-24,38-39,41-44,51-61,66,90,104H,7,10-14,17-20,25-37,40H2,1-6H3,(H2,82,105)(H2,83,106)(H2,84,110)(H,87,91)(H,88,111)(H,92,107)(H,93,115)(H,94,118)(H,95,119)(H,96,113)(H,97,114)(H,98,117)(H,99,112)(H,100,120)(H,101,116)(H,108,109)(H4,85,86,89)/t44-,51-,52-,53-,54-,55-,56-,57-,58-,59-,60-,61-,66-/m0/s1. The van der Waals surface area contributed by atoms with Gasteiger partial charge in [-0.25, -0.2) is 4.98 Å². The molecule has 2 fully saturated rings. The highest BCUT2D eigenvalue weighted by atomic mass is 127. The van der Waals surface area contributed by atoms with Gasteiger partial charge in [-0.2, -0.15) is 0 Å². The Labute approximate surface area is 719 Å². The fraction of sp³-hybridized carbons (Fsp3) is 0.562. The minimum Gasteiger partial charge on any atom is -0.481 e. The van der Waals surface area contributed by atoms with Gasteiger partial charge in [-0.15, -0.1) is 0 Å². The predicted octanol–water partition coefficient (Wildman–Crippen LogP) is -2.40. The molecule has 668 valence electrons. The van der Waals surface area contributed by atoms with Gasteiger partial charge < -0.3 is 117 Å². The summed E-state index contributed by atoms with van der Waals surface area (Å²) in [5.41, 5.74) is 24.1. The number of hydrogen-bond donors (Lipinski definition) is 21. The monoisotopic (exact) mass is 1820 g/mol. The van der Waals surface area contributed by atoms with E-state index in [-0.39, 0.29) is 140 Å². The van der Waals surface area contributed by atoms with Gasteiger partial charge in [-0.05, 0) is 153 Å². The number of H-pyrrole nitrogens is 2. The summed E-state index contributed by atoms with van der Waals surface area (Å²) in [5, 5.41) is 59.7. The lowest BCUT2D eigenvalue weighted by molar-refractivity contribution is -0.144. The highest BCUT2D eigenvalue weighted by Gasteiger charge is 2.44. The van der Waals surface area contributed by atoms with Crippen molar-refractivity contribution in [3.8, 4) is 0 Å². The first-order valence-electron chi connectivity index (χ1n) is 40.8. The summed E-state index contributed by atoms with van der Waals surface area (Å²) < 4.78 is 0.938. The van der Waals surface area contributed by atoms with Crippen molar-refractivity contribution in [2.24, 2.45) is 40.7 Å². The van der Waals surface area contributed by atoms with Crippen LogP contribution in [0.25, 0.3) is 10.9 Å². The number of rotatable bonds is 51. The number of likely N-dealkylation sites (tertiary alicyclic amines) is 2. The lowest BCUT2D eigenvalue weighted by Crippen LogP contribution is -2.62. The number of carbonyl (C=O) groups is 17. The quantitative estimate of drug-likeness (QED) is 0.00948. The summed E-state index contributed by atoms with van der Waals surface area (Å²) >= 11 is 2.11. The topological polar surface area (TPSA) is 654 Å². The van der Waals surface area contributed by atoms with Crippen LogP contribution in [0, 0.1) is 26.7 Å². The van der Waals surface area contributed by atoms with Crippen molar-refractivity contribution >= 4 is 140 Å². The highest BCUT2D eigenvalue weighted by Crippen LogP contribution is 2.26. The summed E-state index contributed by atoms with van der Waals surface area (Å²) in [7, 11) is 0. The molecular formula is C80H117IN22O19. The van der Waals surface area contributed by atoms with Crippen LogP contribution >= 0.6 is 22.6 Å². The Bertz CT molecular complexity index is 4340. The molecule has 0 spiro atoms. The van der Waals surface area contributed by atoms with Crippen LogP contribution in [0.4, 0.5) is 0 Å². The van der Waals surface area contributed by atoms with Crippen molar-refractivity contribution in [1.82, 2.24) is 88.6 Å². The number of unbranched alkanes of at least 4 members (excludes halogenated alkanes) is 1. The van der Waals surface area contributed by atoms with Crippen molar-refractivity contribution in [3.63, 3.8) is 0 Å². The number of aliphatic hydroxyl groups excluding tert-OH is 1. The van der Waals surface area contributed by atoms with E-state index in [1.54, 1.807) is 96.3 Å². The molecule has 2 aromatic carbocycles. The Balaban J connectivity index is 1.18. The van der Waals surface area contributed by atoms with Gasteiger partial charge in [0, 0.05) is 90.7 Å². The molecule has 122 heavy (non-hydrogen) atoms. The van der Waals surface area contributed by atoms with E-state index in [1.807, 2.05) is 0 Å². The number of carbonyl (C=O) groups excluding carboxylic acids is 16. The Kier molecular flexibility index (Phi) is 39.9. The Morgan fingerprint density at radius 3 is 1.61 bits per heavy atom. The van der Waals surface area contributed by atoms with Crippen LogP contribution in [0.2, 0.25) is 0 Å². The molecule has 13 atom stereocenters. The van der Waals surface area contributed by atoms with E-state index in [0.29, 0.717) is 40.6 Å². The Morgan fingerprint density at radius 1 is 0.549 bits per heavy atom. The number of aromatic nitrogens is 3.